The molecule has 0 spiro atoms. The summed E-state index contributed by atoms with van der Waals surface area (Å²) in [6.45, 7) is 1.71. The smallest absolute Gasteiger partial charge is 0.339 e. The molecule has 1 N–H and O–H groups in total. The fourth-order valence-corrected chi connectivity index (χ4v) is 1.67. The molecule has 0 saturated carbocycles. The molecular weight excluding hydrogens is 232 g/mol. The predicted molar refractivity (Wildman–Crippen MR) is 65.7 cm³/mol. The second kappa shape index (κ2) is 4.83. The third kappa shape index (κ3) is 2.15. The molecule has 92 valence electrons. The number of rotatable bonds is 3. The molecule has 0 aliphatic carbocycles. The molecule has 0 radical (unpaired) electrons. The quantitative estimate of drug-likeness (QED) is 0.895. The van der Waals surface area contributed by atoms with Gasteiger partial charge < -0.3 is 9.84 Å². The van der Waals surface area contributed by atoms with E-state index in [2.05, 4.69) is 9.97 Å². The van der Waals surface area contributed by atoms with E-state index in [0.29, 0.717) is 22.8 Å². The van der Waals surface area contributed by atoms with Crippen molar-refractivity contribution in [2.45, 2.75) is 6.92 Å². The van der Waals surface area contributed by atoms with E-state index in [4.69, 9.17) is 9.84 Å². The van der Waals surface area contributed by atoms with Gasteiger partial charge in [0.15, 0.2) is 0 Å². The topological polar surface area (TPSA) is 72.3 Å². The Labute approximate surface area is 104 Å². The number of hydrogen-bond acceptors (Lipinski definition) is 4. The highest BCUT2D eigenvalue weighted by Crippen LogP contribution is 2.30. The molecular formula is C13H12N2O3. The van der Waals surface area contributed by atoms with Crippen molar-refractivity contribution in [2.75, 3.05) is 7.11 Å². The van der Waals surface area contributed by atoms with E-state index in [0.717, 1.165) is 0 Å². The lowest BCUT2D eigenvalue weighted by Crippen LogP contribution is -2.05. The SMILES string of the molecule is COc1ccccc1-c1nc(C)ncc1C(=O)O. The number of hydrogen-bond donors (Lipinski definition) is 1. The van der Waals surface area contributed by atoms with E-state index in [1.807, 2.05) is 6.07 Å². The molecule has 5 heteroatoms. The van der Waals surface area contributed by atoms with E-state index < -0.39 is 5.97 Å². The van der Waals surface area contributed by atoms with Crippen molar-refractivity contribution < 1.29 is 14.6 Å². The average molecular weight is 244 g/mol. The summed E-state index contributed by atoms with van der Waals surface area (Å²) in [6, 6.07) is 7.16. The minimum absolute atomic E-state index is 0.0603. The summed E-state index contributed by atoms with van der Waals surface area (Å²) >= 11 is 0. The van der Waals surface area contributed by atoms with Gasteiger partial charge in [-0.3, -0.25) is 0 Å². The number of ether oxygens (including phenoxy) is 1. The number of carboxylic acid groups (broad SMARTS) is 1. The van der Waals surface area contributed by atoms with E-state index in [-0.39, 0.29) is 5.56 Å². The third-order valence-electron chi connectivity index (χ3n) is 2.50. The Balaban J connectivity index is 2.69. The van der Waals surface area contributed by atoms with Crippen LogP contribution in [0.15, 0.2) is 30.5 Å². The number of methoxy groups -OCH3 is 1. The second-order valence-electron chi connectivity index (χ2n) is 3.68. The Morgan fingerprint density at radius 3 is 2.72 bits per heavy atom. The molecule has 2 aromatic rings. The first kappa shape index (κ1) is 12.0. The highest BCUT2D eigenvalue weighted by molar-refractivity contribution is 5.95. The average Bonchev–Trinajstić information content (AvgIpc) is 2.38. The van der Waals surface area contributed by atoms with Crippen LogP contribution in [0, 0.1) is 6.92 Å². The van der Waals surface area contributed by atoms with Gasteiger partial charge in [-0.2, -0.15) is 0 Å². The molecule has 1 heterocycles. The van der Waals surface area contributed by atoms with Crippen molar-refractivity contribution in [3.8, 4) is 17.0 Å². The number of carboxylic acids is 1. The number of nitrogens with zero attached hydrogens (tertiary/aromatic N) is 2. The van der Waals surface area contributed by atoms with Crippen LogP contribution in [0.25, 0.3) is 11.3 Å². The first-order chi connectivity index (χ1) is 8.63. The fourth-order valence-electron chi connectivity index (χ4n) is 1.67. The zero-order chi connectivity index (χ0) is 13.1. The highest BCUT2D eigenvalue weighted by Gasteiger charge is 2.17. The normalized spacial score (nSPS) is 10.1. The monoisotopic (exact) mass is 244 g/mol. The van der Waals surface area contributed by atoms with Crippen LogP contribution in [0.3, 0.4) is 0 Å². The molecule has 5 nitrogen and oxygen atoms in total. The molecule has 0 aliphatic heterocycles. The molecule has 0 atom stereocenters. The molecule has 0 fully saturated rings. The van der Waals surface area contributed by atoms with Crippen LogP contribution in [0.4, 0.5) is 0 Å². The number of para-hydroxylation sites is 1. The molecule has 0 saturated heterocycles. The Hall–Kier alpha value is -2.43. The molecule has 1 aromatic heterocycles. The van der Waals surface area contributed by atoms with Gasteiger partial charge in [-0.1, -0.05) is 12.1 Å². The van der Waals surface area contributed by atoms with Crippen LogP contribution in [0.2, 0.25) is 0 Å². The minimum atomic E-state index is -1.06. The van der Waals surface area contributed by atoms with Crippen LogP contribution in [-0.2, 0) is 0 Å². The number of aromatic carboxylic acids is 1. The van der Waals surface area contributed by atoms with Crippen molar-refractivity contribution >= 4 is 5.97 Å². The van der Waals surface area contributed by atoms with Crippen molar-refractivity contribution in [1.82, 2.24) is 9.97 Å². The number of benzene rings is 1. The summed E-state index contributed by atoms with van der Waals surface area (Å²) in [5, 5.41) is 9.16. The van der Waals surface area contributed by atoms with E-state index in [1.165, 1.54) is 13.3 Å². The lowest BCUT2D eigenvalue weighted by Gasteiger charge is -2.10. The van der Waals surface area contributed by atoms with E-state index in [1.54, 1.807) is 25.1 Å². The predicted octanol–water partition coefficient (Wildman–Crippen LogP) is 2.16. The van der Waals surface area contributed by atoms with E-state index in [9.17, 15) is 4.79 Å². The summed E-state index contributed by atoms with van der Waals surface area (Å²) < 4.78 is 5.22. The second-order valence-corrected chi connectivity index (χ2v) is 3.68. The summed E-state index contributed by atoms with van der Waals surface area (Å²) in [6.07, 6.45) is 1.31. The largest absolute Gasteiger partial charge is 0.496 e. The lowest BCUT2D eigenvalue weighted by molar-refractivity contribution is 0.0697. The van der Waals surface area contributed by atoms with Gasteiger partial charge in [0.05, 0.1) is 12.8 Å². The van der Waals surface area contributed by atoms with Crippen LogP contribution in [0.5, 0.6) is 5.75 Å². The van der Waals surface area contributed by atoms with Gasteiger partial charge in [0.25, 0.3) is 0 Å². The standard InChI is InChI=1S/C13H12N2O3/c1-8-14-7-10(13(16)17)12(15-8)9-5-3-4-6-11(9)18-2/h3-7H,1-2H3,(H,16,17). The molecule has 1 aromatic carbocycles. The summed E-state index contributed by atoms with van der Waals surface area (Å²) in [5.41, 5.74) is 1.07. The highest BCUT2D eigenvalue weighted by atomic mass is 16.5. The van der Waals surface area contributed by atoms with Gasteiger partial charge in [0.1, 0.15) is 17.1 Å². The number of aromatic nitrogens is 2. The van der Waals surface area contributed by atoms with Crippen LogP contribution < -0.4 is 4.74 Å². The Morgan fingerprint density at radius 2 is 2.06 bits per heavy atom. The molecule has 18 heavy (non-hydrogen) atoms. The molecule has 0 aliphatic rings. The Kier molecular flexibility index (Phi) is 3.23. The van der Waals surface area contributed by atoms with Crippen molar-refractivity contribution in [3.05, 3.63) is 41.9 Å². The van der Waals surface area contributed by atoms with Gasteiger partial charge >= 0.3 is 5.97 Å². The summed E-state index contributed by atoms with van der Waals surface area (Å²) in [7, 11) is 1.54. The minimum Gasteiger partial charge on any atom is -0.496 e. The fraction of sp³-hybridized carbons (Fsp3) is 0.154. The third-order valence-corrected chi connectivity index (χ3v) is 2.50. The molecule has 0 bridgehead atoms. The van der Waals surface area contributed by atoms with Gasteiger partial charge in [-0.05, 0) is 19.1 Å². The zero-order valence-electron chi connectivity index (χ0n) is 10.0. The summed E-state index contributed by atoms with van der Waals surface area (Å²) in [4.78, 5) is 19.3. The maximum absolute atomic E-state index is 11.2. The zero-order valence-corrected chi connectivity index (χ0v) is 10.0. The van der Waals surface area contributed by atoms with Crippen LogP contribution in [0.1, 0.15) is 16.2 Å². The Bertz CT molecular complexity index is 597. The molecule has 0 amide bonds. The van der Waals surface area contributed by atoms with Crippen molar-refractivity contribution in [1.29, 1.82) is 0 Å². The van der Waals surface area contributed by atoms with Gasteiger partial charge in [-0.15, -0.1) is 0 Å². The van der Waals surface area contributed by atoms with Gasteiger partial charge in [0, 0.05) is 11.8 Å². The maximum Gasteiger partial charge on any atom is 0.339 e. The first-order valence-electron chi connectivity index (χ1n) is 5.34. The van der Waals surface area contributed by atoms with Crippen molar-refractivity contribution in [3.63, 3.8) is 0 Å². The van der Waals surface area contributed by atoms with E-state index >= 15 is 0 Å². The van der Waals surface area contributed by atoms with Gasteiger partial charge in [0.2, 0.25) is 0 Å². The van der Waals surface area contributed by atoms with Crippen LogP contribution >= 0.6 is 0 Å². The lowest BCUT2D eigenvalue weighted by atomic mass is 10.1. The number of carbonyl (C=O) groups is 1. The Morgan fingerprint density at radius 1 is 1.33 bits per heavy atom. The van der Waals surface area contributed by atoms with Crippen molar-refractivity contribution in [2.24, 2.45) is 0 Å². The summed E-state index contributed by atoms with van der Waals surface area (Å²) in [5.74, 6) is 0.0370. The number of aryl methyl sites for hydroxylation is 1. The molecule has 2 rings (SSSR count). The van der Waals surface area contributed by atoms with Crippen LogP contribution in [-0.4, -0.2) is 28.2 Å². The maximum atomic E-state index is 11.2. The first-order valence-corrected chi connectivity index (χ1v) is 5.34. The van der Waals surface area contributed by atoms with Gasteiger partial charge in [-0.25, -0.2) is 14.8 Å². The molecule has 0 unspecified atom stereocenters.